The quantitative estimate of drug-likeness (QED) is 0.666. The van der Waals surface area contributed by atoms with Gasteiger partial charge in [-0.3, -0.25) is 0 Å². The van der Waals surface area contributed by atoms with E-state index < -0.39 is 0 Å². The van der Waals surface area contributed by atoms with E-state index in [1.807, 2.05) is 0 Å². The van der Waals surface area contributed by atoms with Crippen LogP contribution in [0, 0.1) is 0 Å². The lowest BCUT2D eigenvalue weighted by Gasteiger charge is -1.99. The maximum Gasteiger partial charge on any atom is 0.259 e. The second-order valence-corrected chi connectivity index (χ2v) is 4.26. The standard InChI is InChI=1S/C12H14ClN3O2/c1-17-6-2-3-11-15-12(18-16-11)9-7-8(14)4-5-10(9)13/h4-5,7H,2-3,6,14H2,1H3. The Bertz CT molecular complexity index is 528. The molecule has 1 aromatic carbocycles. The highest BCUT2D eigenvalue weighted by atomic mass is 35.5. The first-order chi connectivity index (χ1) is 8.70. The van der Waals surface area contributed by atoms with Crippen molar-refractivity contribution in [1.29, 1.82) is 0 Å². The average molecular weight is 268 g/mol. The zero-order valence-corrected chi connectivity index (χ0v) is 10.8. The van der Waals surface area contributed by atoms with Crippen molar-refractivity contribution < 1.29 is 9.26 Å². The maximum atomic E-state index is 6.06. The van der Waals surface area contributed by atoms with Crippen molar-refractivity contribution >= 4 is 17.3 Å². The molecular weight excluding hydrogens is 254 g/mol. The molecule has 0 fully saturated rings. The Hall–Kier alpha value is -1.59. The van der Waals surface area contributed by atoms with Gasteiger partial charge in [0, 0.05) is 25.8 Å². The van der Waals surface area contributed by atoms with Gasteiger partial charge in [-0.05, 0) is 24.6 Å². The smallest absolute Gasteiger partial charge is 0.259 e. The van der Waals surface area contributed by atoms with Crippen LogP contribution in [0.1, 0.15) is 12.2 Å². The molecule has 1 aromatic heterocycles. The number of anilines is 1. The number of nitrogens with zero attached hydrogens (tertiary/aromatic N) is 2. The summed E-state index contributed by atoms with van der Waals surface area (Å²) >= 11 is 6.06. The van der Waals surface area contributed by atoms with E-state index in [4.69, 9.17) is 26.6 Å². The predicted molar refractivity (Wildman–Crippen MR) is 69.4 cm³/mol. The summed E-state index contributed by atoms with van der Waals surface area (Å²) in [6.45, 7) is 0.670. The number of hydrogen-bond donors (Lipinski definition) is 1. The summed E-state index contributed by atoms with van der Waals surface area (Å²) in [6.07, 6.45) is 1.55. The third kappa shape index (κ3) is 3.00. The molecule has 2 rings (SSSR count). The lowest BCUT2D eigenvalue weighted by atomic mass is 10.2. The Labute approximate surface area is 110 Å². The molecule has 2 aromatic rings. The van der Waals surface area contributed by atoms with Crippen LogP contribution in [0.5, 0.6) is 0 Å². The Kier molecular flexibility index (Phi) is 4.17. The van der Waals surface area contributed by atoms with Gasteiger partial charge in [-0.25, -0.2) is 0 Å². The number of rotatable bonds is 5. The molecule has 96 valence electrons. The second-order valence-electron chi connectivity index (χ2n) is 3.85. The number of methoxy groups -OCH3 is 1. The molecule has 2 N–H and O–H groups in total. The van der Waals surface area contributed by atoms with E-state index in [1.165, 1.54) is 0 Å². The molecule has 5 nitrogen and oxygen atoms in total. The van der Waals surface area contributed by atoms with E-state index in [9.17, 15) is 0 Å². The number of aromatic nitrogens is 2. The fourth-order valence-corrected chi connectivity index (χ4v) is 1.74. The first-order valence-corrected chi connectivity index (χ1v) is 5.95. The summed E-state index contributed by atoms with van der Waals surface area (Å²) in [6, 6.07) is 5.15. The third-order valence-electron chi connectivity index (χ3n) is 2.44. The van der Waals surface area contributed by atoms with Crippen LogP contribution < -0.4 is 5.73 Å². The molecule has 0 saturated carbocycles. The number of benzene rings is 1. The van der Waals surface area contributed by atoms with Crippen LogP contribution in [0.2, 0.25) is 5.02 Å². The molecule has 6 heteroatoms. The summed E-state index contributed by atoms with van der Waals surface area (Å²) in [5, 5.41) is 4.43. The Morgan fingerprint density at radius 2 is 2.28 bits per heavy atom. The number of nitrogens with two attached hydrogens (primary N) is 1. The van der Waals surface area contributed by atoms with Crippen LogP contribution in [0.25, 0.3) is 11.5 Å². The molecular formula is C12H14ClN3O2. The maximum absolute atomic E-state index is 6.06. The van der Waals surface area contributed by atoms with Gasteiger partial charge in [-0.15, -0.1) is 0 Å². The van der Waals surface area contributed by atoms with Crippen molar-refractivity contribution in [2.75, 3.05) is 19.5 Å². The normalized spacial score (nSPS) is 10.8. The number of hydrogen-bond acceptors (Lipinski definition) is 5. The third-order valence-corrected chi connectivity index (χ3v) is 2.77. The Balaban J connectivity index is 2.16. The van der Waals surface area contributed by atoms with E-state index in [0.29, 0.717) is 41.0 Å². The Morgan fingerprint density at radius 3 is 3.06 bits per heavy atom. The number of ether oxygens (including phenoxy) is 1. The minimum atomic E-state index is 0.389. The highest BCUT2D eigenvalue weighted by Gasteiger charge is 2.12. The van der Waals surface area contributed by atoms with Gasteiger partial charge in [-0.1, -0.05) is 16.8 Å². The molecule has 1 heterocycles. The zero-order valence-electron chi connectivity index (χ0n) is 10.0. The summed E-state index contributed by atoms with van der Waals surface area (Å²) in [5.41, 5.74) is 6.96. The van der Waals surface area contributed by atoms with Crippen LogP contribution in [0.4, 0.5) is 5.69 Å². The molecule has 0 amide bonds. The molecule has 0 radical (unpaired) electrons. The van der Waals surface area contributed by atoms with Gasteiger partial charge < -0.3 is 15.0 Å². The van der Waals surface area contributed by atoms with Crippen molar-refractivity contribution in [3.05, 3.63) is 29.0 Å². The number of halogens is 1. The van der Waals surface area contributed by atoms with Gasteiger partial charge in [0.1, 0.15) is 0 Å². The van der Waals surface area contributed by atoms with Crippen molar-refractivity contribution in [2.24, 2.45) is 0 Å². The highest BCUT2D eigenvalue weighted by molar-refractivity contribution is 6.33. The predicted octanol–water partition coefficient (Wildman–Crippen LogP) is 2.55. The molecule has 18 heavy (non-hydrogen) atoms. The molecule has 0 aliphatic heterocycles. The van der Waals surface area contributed by atoms with Crippen molar-refractivity contribution in [2.45, 2.75) is 12.8 Å². The number of aryl methyl sites for hydroxylation is 1. The second kappa shape index (κ2) is 5.84. The first-order valence-electron chi connectivity index (χ1n) is 5.57. The lowest BCUT2D eigenvalue weighted by Crippen LogP contribution is -1.94. The summed E-state index contributed by atoms with van der Waals surface area (Å²) in [4.78, 5) is 4.28. The Morgan fingerprint density at radius 1 is 1.44 bits per heavy atom. The van der Waals surface area contributed by atoms with Crippen LogP contribution in [-0.2, 0) is 11.2 Å². The van der Waals surface area contributed by atoms with Crippen LogP contribution >= 0.6 is 11.6 Å². The fourth-order valence-electron chi connectivity index (χ4n) is 1.55. The largest absolute Gasteiger partial charge is 0.399 e. The van der Waals surface area contributed by atoms with Gasteiger partial charge in [0.05, 0.1) is 10.6 Å². The van der Waals surface area contributed by atoms with E-state index in [0.717, 1.165) is 6.42 Å². The molecule has 0 aliphatic carbocycles. The minimum absolute atomic E-state index is 0.389. The van der Waals surface area contributed by atoms with Gasteiger partial charge >= 0.3 is 0 Å². The lowest BCUT2D eigenvalue weighted by molar-refractivity contribution is 0.194. The van der Waals surface area contributed by atoms with E-state index in [-0.39, 0.29) is 0 Å². The summed E-state index contributed by atoms with van der Waals surface area (Å²) in [5.74, 6) is 1.03. The summed E-state index contributed by atoms with van der Waals surface area (Å²) < 4.78 is 10.1. The van der Waals surface area contributed by atoms with Crippen molar-refractivity contribution in [1.82, 2.24) is 10.1 Å². The van der Waals surface area contributed by atoms with Crippen LogP contribution in [0.3, 0.4) is 0 Å². The average Bonchev–Trinajstić information content (AvgIpc) is 2.81. The molecule has 0 bridgehead atoms. The van der Waals surface area contributed by atoms with E-state index in [2.05, 4.69) is 10.1 Å². The van der Waals surface area contributed by atoms with Crippen molar-refractivity contribution in [3.63, 3.8) is 0 Å². The monoisotopic (exact) mass is 267 g/mol. The van der Waals surface area contributed by atoms with Gasteiger partial charge in [0.25, 0.3) is 5.89 Å². The molecule has 0 atom stereocenters. The van der Waals surface area contributed by atoms with Crippen molar-refractivity contribution in [3.8, 4) is 11.5 Å². The first kappa shape index (κ1) is 12.9. The number of nitrogen functional groups attached to an aromatic ring is 1. The van der Waals surface area contributed by atoms with Gasteiger partial charge in [0.15, 0.2) is 5.82 Å². The van der Waals surface area contributed by atoms with Gasteiger partial charge in [0.2, 0.25) is 0 Å². The SMILES string of the molecule is COCCCc1noc(-c2cc(N)ccc2Cl)n1. The fraction of sp³-hybridized carbons (Fsp3) is 0.333. The topological polar surface area (TPSA) is 74.2 Å². The van der Waals surface area contributed by atoms with Crippen LogP contribution in [0.15, 0.2) is 22.7 Å². The van der Waals surface area contributed by atoms with E-state index in [1.54, 1.807) is 25.3 Å². The molecule has 0 unspecified atom stereocenters. The minimum Gasteiger partial charge on any atom is -0.399 e. The van der Waals surface area contributed by atoms with E-state index >= 15 is 0 Å². The van der Waals surface area contributed by atoms with Crippen LogP contribution in [-0.4, -0.2) is 23.9 Å². The summed E-state index contributed by atoms with van der Waals surface area (Å²) in [7, 11) is 1.66. The molecule has 0 aliphatic rings. The highest BCUT2D eigenvalue weighted by Crippen LogP contribution is 2.28. The molecule has 0 saturated heterocycles. The molecule has 0 spiro atoms. The zero-order chi connectivity index (χ0) is 13.0. The van der Waals surface area contributed by atoms with Gasteiger partial charge in [-0.2, -0.15) is 4.98 Å².